The maximum atomic E-state index is 5.26. The molecule has 2 aliphatic rings. The van der Waals surface area contributed by atoms with E-state index in [1.165, 1.54) is 24.0 Å². The molecule has 1 heterocycles. The Bertz CT molecular complexity index is 410. The van der Waals surface area contributed by atoms with Crippen LogP contribution in [0.4, 0.5) is 0 Å². The van der Waals surface area contributed by atoms with Crippen molar-refractivity contribution in [2.24, 2.45) is 4.99 Å². The summed E-state index contributed by atoms with van der Waals surface area (Å²) in [5.74, 6) is 0.963. The van der Waals surface area contributed by atoms with Gasteiger partial charge in [0.05, 0.1) is 7.11 Å². The highest BCUT2D eigenvalue weighted by Crippen LogP contribution is 2.51. The van der Waals surface area contributed by atoms with Crippen LogP contribution in [0.5, 0.6) is 5.75 Å². The summed E-state index contributed by atoms with van der Waals surface area (Å²) in [6, 6.07) is 6.29. The molecule has 0 atom stereocenters. The lowest BCUT2D eigenvalue weighted by Gasteiger charge is -2.20. The topological polar surface area (TPSA) is 21.6 Å². The molecule has 0 N–H and O–H groups in total. The van der Waals surface area contributed by atoms with Crippen molar-refractivity contribution in [3.05, 3.63) is 29.3 Å². The number of benzene rings is 1. The van der Waals surface area contributed by atoms with E-state index in [4.69, 9.17) is 4.74 Å². The van der Waals surface area contributed by atoms with E-state index >= 15 is 0 Å². The molecule has 0 saturated heterocycles. The maximum absolute atomic E-state index is 5.26. The van der Waals surface area contributed by atoms with E-state index in [0.717, 1.165) is 12.3 Å². The summed E-state index contributed by atoms with van der Waals surface area (Å²) in [6.07, 6.45) is 4.55. The first-order valence-corrected chi connectivity index (χ1v) is 5.02. The highest BCUT2D eigenvalue weighted by molar-refractivity contribution is 5.85. The Balaban J connectivity index is 0.000000853. The van der Waals surface area contributed by atoms with Crippen molar-refractivity contribution in [1.82, 2.24) is 0 Å². The molecule has 1 spiro atoms. The Labute approximate surface area is 95.8 Å². The molecule has 1 aliphatic carbocycles. The summed E-state index contributed by atoms with van der Waals surface area (Å²) in [6.45, 7) is 0.965. The molecular formula is C12H14ClNO. The molecule has 0 unspecified atom stereocenters. The van der Waals surface area contributed by atoms with Crippen LogP contribution < -0.4 is 4.74 Å². The first-order chi connectivity index (χ1) is 6.84. The highest BCUT2D eigenvalue weighted by atomic mass is 35.5. The third-order valence-electron chi connectivity index (χ3n) is 3.31. The van der Waals surface area contributed by atoms with Gasteiger partial charge in [0.25, 0.3) is 0 Å². The second-order valence-electron chi connectivity index (χ2n) is 4.20. The van der Waals surface area contributed by atoms with Crippen LogP contribution in [0.3, 0.4) is 0 Å². The molecule has 15 heavy (non-hydrogen) atoms. The Morgan fingerprint density at radius 1 is 1.33 bits per heavy atom. The second kappa shape index (κ2) is 3.53. The van der Waals surface area contributed by atoms with Crippen LogP contribution >= 0.6 is 12.4 Å². The van der Waals surface area contributed by atoms with Gasteiger partial charge in [-0.05, 0) is 42.2 Å². The SMILES string of the molecule is COc1ccc2c(c1)C1(CC1)CN=C2.Cl. The van der Waals surface area contributed by atoms with Crippen LogP contribution in [0, 0.1) is 0 Å². The van der Waals surface area contributed by atoms with Crippen LogP contribution in [0.15, 0.2) is 23.2 Å². The molecule has 1 aliphatic heterocycles. The van der Waals surface area contributed by atoms with Crippen LogP contribution in [0.2, 0.25) is 0 Å². The quantitative estimate of drug-likeness (QED) is 0.717. The lowest BCUT2D eigenvalue weighted by molar-refractivity contribution is 0.413. The Morgan fingerprint density at radius 3 is 2.80 bits per heavy atom. The van der Waals surface area contributed by atoms with Gasteiger partial charge in [-0.1, -0.05) is 0 Å². The minimum Gasteiger partial charge on any atom is -0.497 e. The summed E-state index contributed by atoms with van der Waals surface area (Å²) < 4.78 is 5.26. The molecular weight excluding hydrogens is 210 g/mol. The third kappa shape index (κ3) is 1.53. The average molecular weight is 224 g/mol. The molecule has 0 aromatic heterocycles. The number of nitrogens with zero attached hydrogens (tertiary/aromatic N) is 1. The van der Waals surface area contributed by atoms with Gasteiger partial charge in [-0.25, -0.2) is 0 Å². The first kappa shape index (κ1) is 10.5. The van der Waals surface area contributed by atoms with Crippen LogP contribution in [0.1, 0.15) is 24.0 Å². The van der Waals surface area contributed by atoms with Crippen molar-refractivity contribution in [1.29, 1.82) is 0 Å². The van der Waals surface area contributed by atoms with Gasteiger partial charge in [-0.2, -0.15) is 0 Å². The van der Waals surface area contributed by atoms with Gasteiger partial charge in [-0.3, -0.25) is 4.99 Å². The van der Waals surface area contributed by atoms with Gasteiger partial charge in [0.1, 0.15) is 5.75 Å². The number of aliphatic imine (C=N–C) groups is 1. The zero-order chi connectivity index (χ0) is 9.60. The first-order valence-electron chi connectivity index (χ1n) is 5.02. The smallest absolute Gasteiger partial charge is 0.119 e. The largest absolute Gasteiger partial charge is 0.497 e. The van der Waals surface area contributed by atoms with Crippen molar-refractivity contribution in [3.63, 3.8) is 0 Å². The van der Waals surface area contributed by atoms with Crippen LogP contribution in [0.25, 0.3) is 0 Å². The summed E-state index contributed by atoms with van der Waals surface area (Å²) in [4.78, 5) is 4.42. The summed E-state index contributed by atoms with van der Waals surface area (Å²) >= 11 is 0. The number of hydrogen-bond acceptors (Lipinski definition) is 2. The Morgan fingerprint density at radius 2 is 2.13 bits per heavy atom. The molecule has 1 fully saturated rings. The molecule has 2 nitrogen and oxygen atoms in total. The van der Waals surface area contributed by atoms with Crippen molar-refractivity contribution in [3.8, 4) is 5.75 Å². The van der Waals surface area contributed by atoms with Gasteiger partial charge in [0.2, 0.25) is 0 Å². The predicted octanol–water partition coefficient (Wildman–Crippen LogP) is 2.58. The predicted molar refractivity (Wildman–Crippen MR) is 63.6 cm³/mol. The summed E-state index contributed by atoms with van der Waals surface area (Å²) in [5.41, 5.74) is 3.08. The van der Waals surface area contributed by atoms with Crippen molar-refractivity contribution < 1.29 is 4.74 Å². The number of rotatable bonds is 1. The number of methoxy groups -OCH3 is 1. The molecule has 3 rings (SSSR count). The molecule has 80 valence electrons. The minimum atomic E-state index is 0. The lowest BCUT2D eigenvalue weighted by Crippen LogP contribution is -2.17. The monoisotopic (exact) mass is 223 g/mol. The van der Waals surface area contributed by atoms with Crippen LogP contribution in [-0.4, -0.2) is 19.9 Å². The molecule has 1 saturated carbocycles. The molecule has 1 aromatic carbocycles. The molecule has 0 bridgehead atoms. The average Bonchev–Trinajstić information content (AvgIpc) is 2.99. The molecule has 0 radical (unpaired) electrons. The highest BCUT2D eigenvalue weighted by Gasteiger charge is 2.46. The zero-order valence-electron chi connectivity index (χ0n) is 8.69. The standard InChI is InChI=1S/C12H13NO.ClH/c1-14-10-3-2-9-7-13-8-12(4-5-12)11(9)6-10;/h2-3,6-7H,4-5,8H2,1H3;1H. The number of hydrogen-bond donors (Lipinski definition) is 0. The third-order valence-corrected chi connectivity index (χ3v) is 3.31. The normalized spacial score (nSPS) is 19.3. The van der Waals surface area contributed by atoms with E-state index in [1.807, 2.05) is 12.3 Å². The van der Waals surface area contributed by atoms with E-state index in [2.05, 4.69) is 17.1 Å². The molecule has 0 amide bonds. The number of ether oxygens (including phenoxy) is 1. The molecule has 1 aromatic rings. The van der Waals surface area contributed by atoms with E-state index < -0.39 is 0 Å². The summed E-state index contributed by atoms with van der Waals surface area (Å²) in [5, 5.41) is 0. The number of fused-ring (bicyclic) bond motifs is 2. The summed E-state index contributed by atoms with van der Waals surface area (Å²) in [7, 11) is 1.72. The zero-order valence-corrected chi connectivity index (χ0v) is 9.51. The van der Waals surface area contributed by atoms with E-state index in [9.17, 15) is 0 Å². The van der Waals surface area contributed by atoms with Crippen LogP contribution in [-0.2, 0) is 5.41 Å². The van der Waals surface area contributed by atoms with Crippen molar-refractivity contribution >= 4 is 18.6 Å². The minimum absolute atomic E-state index is 0. The van der Waals surface area contributed by atoms with Crippen molar-refractivity contribution in [2.75, 3.05) is 13.7 Å². The van der Waals surface area contributed by atoms with Gasteiger partial charge < -0.3 is 4.74 Å². The lowest BCUT2D eigenvalue weighted by atomic mass is 9.89. The molecule has 3 heteroatoms. The fraction of sp³-hybridized carbons (Fsp3) is 0.417. The van der Waals surface area contributed by atoms with E-state index in [-0.39, 0.29) is 12.4 Å². The number of halogens is 1. The van der Waals surface area contributed by atoms with Gasteiger partial charge in [-0.15, -0.1) is 12.4 Å². The maximum Gasteiger partial charge on any atom is 0.119 e. The fourth-order valence-corrected chi connectivity index (χ4v) is 2.22. The fourth-order valence-electron chi connectivity index (χ4n) is 2.22. The van der Waals surface area contributed by atoms with Crippen molar-refractivity contribution in [2.45, 2.75) is 18.3 Å². The Hall–Kier alpha value is -1.02. The van der Waals surface area contributed by atoms with Gasteiger partial charge in [0, 0.05) is 18.2 Å². The Kier molecular flexibility index (Phi) is 2.47. The van der Waals surface area contributed by atoms with E-state index in [1.54, 1.807) is 7.11 Å². The van der Waals surface area contributed by atoms with Gasteiger partial charge in [0.15, 0.2) is 0 Å². The second-order valence-corrected chi connectivity index (χ2v) is 4.20. The van der Waals surface area contributed by atoms with Gasteiger partial charge >= 0.3 is 0 Å². The van der Waals surface area contributed by atoms with E-state index in [0.29, 0.717) is 5.41 Å².